The zero-order valence-corrected chi connectivity index (χ0v) is 36.1. The molecule has 11 unspecified atom stereocenters. The van der Waals surface area contributed by atoms with Crippen molar-refractivity contribution in [3.05, 3.63) is 97.2 Å². The van der Waals surface area contributed by atoms with E-state index >= 15 is 0 Å². The predicted molar refractivity (Wildman–Crippen MR) is 233 cm³/mol. The van der Waals surface area contributed by atoms with Crippen LogP contribution in [0.3, 0.4) is 0 Å². The number of esters is 1. The molecule has 2 saturated heterocycles. The zero-order valence-electron chi connectivity index (χ0n) is 36.1. The van der Waals surface area contributed by atoms with E-state index in [2.05, 4.69) is 98.9 Å². The zero-order chi connectivity index (χ0) is 44.5. The third-order valence-corrected chi connectivity index (χ3v) is 9.60. The number of hydrogen-bond donors (Lipinski definition) is 7. The molecule has 0 aliphatic carbocycles. The number of rotatable bonds is 31. The largest absolute Gasteiger partial charge is 0.457 e. The van der Waals surface area contributed by atoms with Crippen molar-refractivity contribution in [2.75, 3.05) is 33.0 Å². The Morgan fingerprint density at radius 3 is 1.49 bits per heavy atom. The van der Waals surface area contributed by atoms with Gasteiger partial charge in [-0.1, -0.05) is 111 Å². The monoisotopic (exact) mass is 863 g/mol. The molecule has 0 aromatic carbocycles. The molecule has 7 N–H and O–H groups in total. The highest BCUT2D eigenvalue weighted by Gasteiger charge is 2.47. The van der Waals surface area contributed by atoms with E-state index in [1.54, 1.807) is 0 Å². The summed E-state index contributed by atoms with van der Waals surface area (Å²) >= 11 is 0. The summed E-state index contributed by atoms with van der Waals surface area (Å²) in [5.74, 6) is -0.481. The Morgan fingerprint density at radius 2 is 0.984 bits per heavy atom. The number of aliphatic hydroxyl groups is 7. The second-order valence-corrected chi connectivity index (χ2v) is 14.7. The minimum Gasteiger partial charge on any atom is -0.457 e. The van der Waals surface area contributed by atoms with Crippen LogP contribution >= 0.6 is 0 Å². The Kier molecular flexibility index (Phi) is 30.5. The first kappa shape index (κ1) is 54.0. The summed E-state index contributed by atoms with van der Waals surface area (Å²) in [6, 6.07) is 0. The number of carbonyl (C=O) groups excluding carboxylic acids is 1. The molecule has 0 radical (unpaired) electrons. The number of aliphatic hydroxyl groups excluding tert-OH is 7. The third-order valence-electron chi connectivity index (χ3n) is 9.60. The molecule has 2 aliphatic heterocycles. The fourth-order valence-corrected chi connectivity index (χ4v) is 6.06. The van der Waals surface area contributed by atoms with Gasteiger partial charge in [0.05, 0.1) is 26.4 Å². The number of unbranched alkanes of at least 4 members (excludes halogenated alkanes) is 1. The Hall–Kier alpha value is -3.09. The van der Waals surface area contributed by atoms with Crippen LogP contribution in [0.2, 0.25) is 0 Å². The fraction of sp³-hybridized carbons (Fsp3) is 0.638. The molecule has 346 valence electrons. The van der Waals surface area contributed by atoms with Crippen molar-refractivity contribution in [3.63, 3.8) is 0 Å². The van der Waals surface area contributed by atoms with Gasteiger partial charge in [0, 0.05) is 13.0 Å². The van der Waals surface area contributed by atoms with Gasteiger partial charge in [0.1, 0.15) is 54.9 Å². The van der Waals surface area contributed by atoms with Crippen molar-refractivity contribution in [2.45, 2.75) is 158 Å². The Balaban J connectivity index is 1.89. The number of allylic oxidation sites excluding steroid dienone is 16. The molecule has 0 aromatic heterocycles. The van der Waals surface area contributed by atoms with Gasteiger partial charge in [0.2, 0.25) is 0 Å². The van der Waals surface area contributed by atoms with Crippen LogP contribution in [-0.4, -0.2) is 142 Å². The maximum atomic E-state index is 12.9. The second kappa shape index (κ2) is 34.4. The van der Waals surface area contributed by atoms with Crippen LogP contribution in [0.25, 0.3) is 0 Å². The van der Waals surface area contributed by atoms with Gasteiger partial charge >= 0.3 is 5.97 Å². The van der Waals surface area contributed by atoms with E-state index in [0.717, 1.165) is 64.2 Å². The molecule has 2 fully saturated rings. The molecular weight excluding hydrogens is 789 g/mol. The maximum Gasteiger partial charge on any atom is 0.306 e. The molecule has 2 heterocycles. The molecule has 14 heteroatoms. The maximum absolute atomic E-state index is 12.9. The first-order chi connectivity index (χ1) is 29.6. The summed E-state index contributed by atoms with van der Waals surface area (Å²) in [4.78, 5) is 12.9. The quantitative estimate of drug-likeness (QED) is 0.0286. The van der Waals surface area contributed by atoms with E-state index in [1.807, 2.05) is 12.2 Å². The predicted octanol–water partition coefficient (Wildman–Crippen LogP) is 4.73. The Bertz CT molecular complexity index is 1370. The van der Waals surface area contributed by atoms with Crippen LogP contribution in [0, 0.1) is 0 Å². The van der Waals surface area contributed by atoms with E-state index in [-0.39, 0.29) is 19.6 Å². The molecule has 2 rings (SSSR count). The van der Waals surface area contributed by atoms with Gasteiger partial charge < -0.3 is 64.2 Å². The van der Waals surface area contributed by atoms with Crippen molar-refractivity contribution in [2.24, 2.45) is 0 Å². The van der Waals surface area contributed by atoms with Crippen LogP contribution in [0.5, 0.6) is 0 Å². The topological polar surface area (TPSA) is 214 Å². The van der Waals surface area contributed by atoms with E-state index in [4.69, 9.17) is 28.4 Å². The van der Waals surface area contributed by atoms with Crippen molar-refractivity contribution >= 4 is 5.97 Å². The lowest BCUT2D eigenvalue weighted by molar-refractivity contribution is -0.332. The van der Waals surface area contributed by atoms with Crippen LogP contribution < -0.4 is 0 Å². The van der Waals surface area contributed by atoms with Gasteiger partial charge in [-0.3, -0.25) is 4.79 Å². The highest BCUT2D eigenvalue weighted by atomic mass is 16.7. The third kappa shape index (κ3) is 23.2. The summed E-state index contributed by atoms with van der Waals surface area (Å²) in [7, 11) is 0. The molecular formula is C47H74O14. The van der Waals surface area contributed by atoms with Gasteiger partial charge in [-0.15, -0.1) is 0 Å². The van der Waals surface area contributed by atoms with Crippen molar-refractivity contribution in [3.8, 4) is 0 Å². The van der Waals surface area contributed by atoms with Gasteiger partial charge in [-0.2, -0.15) is 0 Å². The molecule has 0 bridgehead atoms. The second-order valence-electron chi connectivity index (χ2n) is 14.7. The standard InChI is InChI=1S/C47H74O14/c1-3-5-7-9-11-13-15-17-19-21-23-25-27-29-31-56-33-36(59-39(49)30-28-26-24-22-20-18-16-14-12-10-8-6-4-2)34-57-46-45(55)43(53)41(51)38(61-46)35-58-47-44(54)42(52)40(50)37(32-48)60-47/h5-8,11-14,17-20,23-26,36-38,40-48,50-55H,3-4,9-10,15-16,21-22,27-35H2,1-2H3/b7-5-,8-6-,13-11-,14-12-,19-17-,20-18-,25-23-,26-24-. The number of hydrogen-bond acceptors (Lipinski definition) is 14. The minimum absolute atomic E-state index is 0.0123. The first-order valence-electron chi connectivity index (χ1n) is 21.8. The van der Waals surface area contributed by atoms with E-state index in [1.165, 1.54) is 0 Å². The molecule has 0 spiro atoms. The summed E-state index contributed by atoms with van der Waals surface area (Å²) < 4.78 is 33.9. The summed E-state index contributed by atoms with van der Waals surface area (Å²) in [5.41, 5.74) is 0. The van der Waals surface area contributed by atoms with Crippen LogP contribution in [0.15, 0.2) is 97.2 Å². The van der Waals surface area contributed by atoms with Gasteiger partial charge in [-0.25, -0.2) is 0 Å². The minimum atomic E-state index is -1.73. The Labute approximate surface area is 362 Å². The normalized spacial score (nSPS) is 28.4. The van der Waals surface area contributed by atoms with Gasteiger partial charge in [0.15, 0.2) is 12.6 Å². The lowest BCUT2D eigenvalue weighted by Crippen LogP contribution is -2.61. The molecule has 0 amide bonds. The van der Waals surface area contributed by atoms with Crippen LogP contribution in [-0.2, 0) is 33.2 Å². The smallest absolute Gasteiger partial charge is 0.306 e. The van der Waals surface area contributed by atoms with E-state index < -0.39 is 86.7 Å². The molecule has 11 atom stereocenters. The molecule has 14 nitrogen and oxygen atoms in total. The molecule has 61 heavy (non-hydrogen) atoms. The average Bonchev–Trinajstić information content (AvgIpc) is 3.25. The average molecular weight is 863 g/mol. The number of ether oxygens (including phenoxy) is 6. The summed E-state index contributed by atoms with van der Waals surface area (Å²) in [6.07, 6.45) is 26.6. The SMILES string of the molecule is CC/C=C\C/C=C\C/C=C\C/C=C\CCCOCC(COC1OC(COC2OC(CO)C(O)C(O)C2O)C(O)C(O)C1O)OC(=O)CC/C=C\C/C=C\C/C=C\C/C=C\CC. The fourth-order valence-electron chi connectivity index (χ4n) is 6.06. The van der Waals surface area contributed by atoms with Crippen LogP contribution in [0.4, 0.5) is 0 Å². The van der Waals surface area contributed by atoms with Gasteiger partial charge in [-0.05, 0) is 70.6 Å². The molecule has 0 aromatic rings. The van der Waals surface area contributed by atoms with Gasteiger partial charge in [0.25, 0.3) is 0 Å². The molecule has 0 saturated carbocycles. The lowest BCUT2D eigenvalue weighted by Gasteiger charge is -2.42. The van der Waals surface area contributed by atoms with Crippen molar-refractivity contribution in [1.29, 1.82) is 0 Å². The number of carbonyl (C=O) groups is 1. The lowest BCUT2D eigenvalue weighted by atomic mass is 9.98. The highest BCUT2D eigenvalue weighted by molar-refractivity contribution is 5.69. The summed E-state index contributed by atoms with van der Waals surface area (Å²) in [5, 5.41) is 71.8. The summed E-state index contributed by atoms with van der Waals surface area (Å²) in [6.45, 7) is 3.15. The highest BCUT2D eigenvalue weighted by Crippen LogP contribution is 2.26. The van der Waals surface area contributed by atoms with Crippen LogP contribution in [0.1, 0.15) is 90.9 Å². The first-order valence-corrected chi connectivity index (χ1v) is 21.8. The van der Waals surface area contributed by atoms with Crippen molar-refractivity contribution < 1.29 is 69.0 Å². The molecule has 2 aliphatic rings. The Morgan fingerprint density at radius 1 is 0.541 bits per heavy atom. The van der Waals surface area contributed by atoms with Crippen molar-refractivity contribution in [1.82, 2.24) is 0 Å². The van der Waals surface area contributed by atoms with E-state index in [9.17, 15) is 40.5 Å². The van der Waals surface area contributed by atoms with E-state index in [0.29, 0.717) is 13.0 Å².